The quantitative estimate of drug-likeness (QED) is 0.903. The van der Waals surface area contributed by atoms with Crippen molar-refractivity contribution in [3.8, 4) is 0 Å². The van der Waals surface area contributed by atoms with Crippen molar-refractivity contribution in [3.63, 3.8) is 0 Å². The summed E-state index contributed by atoms with van der Waals surface area (Å²) in [7, 11) is 0. The van der Waals surface area contributed by atoms with Gasteiger partial charge in [0.2, 0.25) is 5.91 Å². The van der Waals surface area contributed by atoms with Crippen molar-refractivity contribution in [1.29, 1.82) is 0 Å². The molecule has 7 heteroatoms. The van der Waals surface area contributed by atoms with E-state index in [2.05, 4.69) is 5.32 Å². The lowest BCUT2D eigenvalue weighted by Gasteiger charge is -2.21. The van der Waals surface area contributed by atoms with Crippen molar-refractivity contribution >= 4 is 11.8 Å². The molecule has 1 N–H and O–H groups in total. The lowest BCUT2D eigenvalue weighted by molar-refractivity contribution is -0.137. The highest BCUT2D eigenvalue weighted by molar-refractivity contribution is 5.94. The van der Waals surface area contributed by atoms with E-state index in [1.165, 1.54) is 12.1 Å². The topological polar surface area (TPSA) is 49.4 Å². The molecule has 0 unspecified atom stereocenters. The molecule has 1 atom stereocenters. The first-order valence-electron chi connectivity index (χ1n) is 7.50. The van der Waals surface area contributed by atoms with E-state index in [-0.39, 0.29) is 17.4 Å². The van der Waals surface area contributed by atoms with Crippen LogP contribution >= 0.6 is 0 Å². The van der Waals surface area contributed by atoms with E-state index in [4.69, 9.17) is 0 Å². The first kappa shape index (κ1) is 17.3. The molecule has 1 aromatic rings. The minimum atomic E-state index is -4.47. The number of likely N-dealkylation sites (tertiary alicyclic amines) is 1. The zero-order chi connectivity index (χ0) is 17.0. The molecule has 1 aromatic carbocycles. The Bertz CT molecular complexity index is 587. The smallest absolute Gasteiger partial charge is 0.352 e. The van der Waals surface area contributed by atoms with Crippen LogP contribution in [-0.4, -0.2) is 36.3 Å². The standard InChI is InChI=1S/C16H19F3N2O2/c1-11(10-21-7-3-6-14(21)22)9-20-15(23)12-4-2-5-13(8-12)16(17,18)19/h2,4-5,8,11H,3,6-7,9-10H2,1H3,(H,20,23)/t11-/m1/s1. The maximum absolute atomic E-state index is 12.6. The fraction of sp³-hybridized carbons (Fsp3) is 0.500. The normalized spacial score (nSPS) is 16.5. The van der Waals surface area contributed by atoms with Crippen molar-refractivity contribution in [2.45, 2.75) is 25.9 Å². The third kappa shape index (κ3) is 4.71. The summed E-state index contributed by atoms with van der Waals surface area (Å²) in [5.41, 5.74) is -0.870. The predicted octanol–water partition coefficient (Wildman–Crippen LogP) is 2.69. The summed E-state index contributed by atoms with van der Waals surface area (Å²) in [6.45, 7) is 3.46. The van der Waals surface area contributed by atoms with Crippen LogP contribution in [0.15, 0.2) is 24.3 Å². The van der Waals surface area contributed by atoms with Crippen LogP contribution in [0.5, 0.6) is 0 Å². The molecule has 23 heavy (non-hydrogen) atoms. The van der Waals surface area contributed by atoms with E-state index in [0.717, 1.165) is 25.1 Å². The van der Waals surface area contributed by atoms with Gasteiger partial charge >= 0.3 is 6.18 Å². The van der Waals surface area contributed by atoms with Gasteiger partial charge < -0.3 is 10.2 Å². The monoisotopic (exact) mass is 328 g/mol. The SMILES string of the molecule is C[C@H](CNC(=O)c1cccc(C(F)(F)F)c1)CN1CCCC1=O. The molecule has 1 saturated heterocycles. The van der Waals surface area contributed by atoms with Crippen LogP contribution < -0.4 is 5.32 Å². The molecule has 2 rings (SSSR count). The fourth-order valence-corrected chi connectivity index (χ4v) is 2.54. The van der Waals surface area contributed by atoms with E-state index < -0.39 is 17.6 Å². The number of nitrogens with zero attached hydrogens (tertiary/aromatic N) is 1. The van der Waals surface area contributed by atoms with Gasteiger partial charge in [0.25, 0.3) is 5.91 Å². The molecule has 0 saturated carbocycles. The summed E-state index contributed by atoms with van der Waals surface area (Å²) in [6.07, 6.45) is -3.06. The van der Waals surface area contributed by atoms with Gasteiger partial charge in [0.05, 0.1) is 5.56 Å². The highest BCUT2D eigenvalue weighted by Crippen LogP contribution is 2.29. The summed E-state index contributed by atoms with van der Waals surface area (Å²) >= 11 is 0. The van der Waals surface area contributed by atoms with Gasteiger partial charge in [-0.25, -0.2) is 0 Å². The van der Waals surface area contributed by atoms with Crippen LogP contribution in [0.3, 0.4) is 0 Å². The summed E-state index contributed by atoms with van der Waals surface area (Å²) in [5, 5.41) is 2.62. The number of alkyl halides is 3. The Kier molecular flexibility index (Phi) is 5.28. The number of carbonyl (C=O) groups is 2. The van der Waals surface area contributed by atoms with Crippen molar-refractivity contribution in [2.24, 2.45) is 5.92 Å². The van der Waals surface area contributed by atoms with Crippen LogP contribution in [0.4, 0.5) is 13.2 Å². The highest BCUT2D eigenvalue weighted by atomic mass is 19.4. The Hall–Kier alpha value is -2.05. The van der Waals surface area contributed by atoms with Gasteiger partial charge in [0, 0.05) is 31.6 Å². The summed E-state index contributed by atoms with van der Waals surface area (Å²) in [5.74, 6) is -0.399. The van der Waals surface area contributed by atoms with E-state index >= 15 is 0 Å². The third-order valence-corrected chi connectivity index (χ3v) is 3.77. The molecule has 1 aliphatic rings. The average molecular weight is 328 g/mol. The number of hydrogen-bond acceptors (Lipinski definition) is 2. The van der Waals surface area contributed by atoms with Crippen molar-refractivity contribution in [2.75, 3.05) is 19.6 Å². The van der Waals surface area contributed by atoms with Crippen LogP contribution in [-0.2, 0) is 11.0 Å². The number of benzene rings is 1. The van der Waals surface area contributed by atoms with Gasteiger partial charge in [-0.1, -0.05) is 13.0 Å². The molecule has 0 spiro atoms. The Balaban J connectivity index is 1.88. The summed E-state index contributed by atoms with van der Waals surface area (Å²) < 4.78 is 37.9. The minimum absolute atomic E-state index is 0.0238. The molecule has 1 heterocycles. The zero-order valence-corrected chi connectivity index (χ0v) is 12.8. The van der Waals surface area contributed by atoms with E-state index in [1.807, 2.05) is 6.92 Å². The Labute approximate surface area is 132 Å². The van der Waals surface area contributed by atoms with E-state index in [9.17, 15) is 22.8 Å². The third-order valence-electron chi connectivity index (χ3n) is 3.77. The largest absolute Gasteiger partial charge is 0.416 e. The molecule has 126 valence electrons. The number of amides is 2. The van der Waals surface area contributed by atoms with Crippen molar-refractivity contribution in [1.82, 2.24) is 10.2 Å². The molecule has 0 aliphatic carbocycles. The lowest BCUT2D eigenvalue weighted by Crippen LogP contribution is -2.36. The van der Waals surface area contributed by atoms with Gasteiger partial charge in [0.1, 0.15) is 0 Å². The molecule has 2 amide bonds. The van der Waals surface area contributed by atoms with Gasteiger partial charge in [-0.3, -0.25) is 9.59 Å². The van der Waals surface area contributed by atoms with Crippen LogP contribution in [0, 0.1) is 5.92 Å². The van der Waals surface area contributed by atoms with Crippen molar-refractivity contribution < 1.29 is 22.8 Å². The number of nitrogens with one attached hydrogen (secondary N) is 1. The Morgan fingerprint density at radius 1 is 1.39 bits per heavy atom. The van der Waals surface area contributed by atoms with Crippen LogP contribution in [0.2, 0.25) is 0 Å². The predicted molar refractivity (Wildman–Crippen MR) is 78.8 cm³/mol. The molecule has 1 aliphatic heterocycles. The van der Waals surface area contributed by atoms with Gasteiger partial charge in [-0.2, -0.15) is 13.2 Å². The maximum atomic E-state index is 12.6. The van der Waals surface area contributed by atoms with Crippen LogP contribution in [0.25, 0.3) is 0 Å². The van der Waals surface area contributed by atoms with Crippen molar-refractivity contribution in [3.05, 3.63) is 35.4 Å². The number of rotatable bonds is 5. The summed E-state index contributed by atoms with van der Waals surface area (Å²) in [4.78, 5) is 25.3. The molecule has 0 radical (unpaired) electrons. The molecule has 0 bridgehead atoms. The van der Waals surface area contributed by atoms with E-state index in [1.54, 1.807) is 4.90 Å². The lowest BCUT2D eigenvalue weighted by atomic mass is 10.1. The Morgan fingerprint density at radius 2 is 2.13 bits per heavy atom. The second-order valence-corrected chi connectivity index (χ2v) is 5.84. The molecule has 1 fully saturated rings. The molecule has 0 aromatic heterocycles. The van der Waals surface area contributed by atoms with Gasteiger partial charge in [-0.05, 0) is 30.5 Å². The molecular weight excluding hydrogens is 309 g/mol. The first-order chi connectivity index (χ1) is 10.8. The van der Waals surface area contributed by atoms with Gasteiger partial charge in [0.15, 0.2) is 0 Å². The second-order valence-electron chi connectivity index (χ2n) is 5.84. The number of carbonyl (C=O) groups excluding carboxylic acids is 2. The van der Waals surface area contributed by atoms with Gasteiger partial charge in [-0.15, -0.1) is 0 Å². The number of halogens is 3. The fourth-order valence-electron chi connectivity index (χ4n) is 2.54. The average Bonchev–Trinajstić information content (AvgIpc) is 2.89. The highest BCUT2D eigenvalue weighted by Gasteiger charge is 2.31. The van der Waals surface area contributed by atoms with E-state index in [0.29, 0.717) is 19.5 Å². The summed E-state index contributed by atoms with van der Waals surface area (Å²) in [6, 6.07) is 4.33. The van der Waals surface area contributed by atoms with Crippen LogP contribution in [0.1, 0.15) is 35.7 Å². The molecular formula is C16H19F3N2O2. The first-order valence-corrected chi connectivity index (χ1v) is 7.50. The minimum Gasteiger partial charge on any atom is -0.352 e. The maximum Gasteiger partial charge on any atom is 0.416 e. The Morgan fingerprint density at radius 3 is 2.74 bits per heavy atom. The molecule has 4 nitrogen and oxygen atoms in total. The second kappa shape index (κ2) is 7.02. The number of hydrogen-bond donors (Lipinski definition) is 1. The zero-order valence-electron chi connectivity index (χ0n) is 12.8.